The van der Waals surface area contributed by atoms with Crippen LogP contribution in [-0.2, 0) is 0 Å². The molecule has 0 aliphatic rings. The van der Waals surface area contributed by atoms with Crippen LogP contribution in [0.15, 0.2) is 40.2 Å². The SMILES string of the molecule is CNC(c1cc(Br)cs1)c1ccccc1OC(C)C. The van der Waals surface area contributed by atoms with E-state index in [0.717, 1.165) is 10.2 Å². The van der Waals surface area contributed by atoms with E-state index in [9.17, 15) is 0 Å². The zero-order chi connectivity index (χ0) is 13.8. The average molecular weight is 340 g/mol. The summed E-state index contributed by atoms with van der Waals surface area (Å²) in [6.45, 7) is 4.10. The van der Waals surface area contributed by atoms with Gasteiger partial charge in [0.25, 0.3) is 0 Å². The molecule has 102 valence electrons. The second-order valence-electron chi connectivity index (χ2n) is 4.59. The van der Waals surface area contributed by atoms with Gasteiger partial charge in [0.05, 0.1) is 12.1 Å². The third-order valence-corrected chi connectivity index (χ3v) is 4.51. The van der Waals surface area contributed by atoms with Crippen LogP contribution in [0.4, 0.5) is 0 Å². The Balaban J connectivity index is 2.38. The maximum Gasteiger partial charge on any atom is 0.124 e. The Bertz CT molecular complexity index is 538. The molecular weight excluding hydrogens is 322 g/mol. The third kappa shape index (κ3) is 3.59. The monoisotopic (exact) mass is 339 g/mol. The van der Waals surface area contributed by atoms with E-state index in [1.807, 2.05) is 33.0 Å². The summed E-state index contributed by atoms with van der Waals surface area (Å²) in [5.41, 5.74) is 1.17. The molecule has 2 rings (SSSR count). The van der Waals surface area contributed by atoms with Crippen LogP contribution in [0.25, 0.3) is 0 Å². The van der Waals surface area contributed by atoms with Gasteiger partial charge in [0.15, 0.2) is 0 Å². The van der Waals surface area contributed by atoms with Crippen LogP contribution in [0.5, 0.6) is 5.75 Å². The first-order chi connectivity index (χ1) is 9.11. The van der Waals surface area contributed by atoms with Crippen molar-refractivity contribution in [3.05, 3.63) is 50.6 Å². The number of benzene rings is 1. The molecule has 1 atom stereocenters. The van der Waals surface area contributed by atoms with Crippen molar-refractivity contribution in [2.75, 3.05) is 7.05 Å². The third-order valence-electron chi connectivity index (χ3n) is 2.75. The lowest BCUT2D eigenvalue weighted by molar-refractivity contribution is 0.239. The largest absolute Gasteiger partial charge is 0.491 e. The van der Waals surface area contributed by atoms with E-state index in [0.29, 0.717) is 0 Å². The molecule has 2 nitrogen and oxygen atoms in total. The van der Waals surface area contributed by atoms with Gasteiger partial charge in [-0.25, -0.2) is 0 Å². The molecule has 0 saturated carbocycles. The van der Waals surface area contributed by atoms with Crippen molar-refractivity contribution in [2.45, 2.75) is 26.0 Å². The van der Waals surface area contributed by atoms with Crippen molar-refractivity contribution in [2.24, 2.45) is 0 Å². The number of thiophene rings is 1. The van der Waals surface area contributed by atoms with Gasteiger partial charge in [0.2, 0.25) is 0 Å². The number of para-hydroxylation sites is 1. The molecule has 1 heterocycles. The molecular formula is C15H18BrNOS. The lowest BCUT2D eigenvalue weighted by atomic mass is 10.0. The molecule has 1 aromatic heterocycles. The molecule has 0 radical (unpaired) electrons. The molecule has 2 aromatic rings. The minimum absolute atomic E-state index is 0.159. The second-order valence-corrected chi connectivity index (χ2v) is 6.45. The van der Waals surface area contributed by atoms with Crippen molar-refractivity contribution in [1.82, 2.24) is 5.32 Å². The highest BCUT2D eigenvalue weighted by molar-refractivity contribution is 9.10. The van der Waals surface area contributed by atoms with E-state index in [4.69, 9.17) is 4.74 Å². The van der Waals surface area contributed by atoms with Gasteiger partial charge < -0.3 is 10.1 Å². The van der Waals surface area contributed by atoms with Gasteiger partial charge in [0, 0.05) is 20.3 Å². The highest BCUT2D eigenvalue weighted by Crippen LogP contribution is 2.34. The van der Waals surface area contributed by atoms with Gasteiger partial charge >= 0.3 is 0 Å². The van der Waals surface area contributed by atoms with E-state index in [-0.39, 0.29) is 12.1 Å². The highest BCUT2D eigenvalue weighted by atomic mass is 79.9. The first-order valence-corrected chi connectivity index (χ1v) is 7.96. The van der Waals surface area contributed by atoms with E-state index >= 15 is 0 Å². The number of hydrogen-bond acceptors (Lipinski definition) is 3. The van der Waals surface area contributed by atoms with Crippen LogP contribution in [0.3, 0.4) is 0 Å². The molecule has 0 amide bonds. The number of rotatable bonds is 5. The standard InChI is InChI=1S/C15H18BrNOS/c1-10(2)18-13-7-5-4-6-12(13)15(17-3)14-8-11(16)9-19-14/h4-10,15,17H,1-3H3. The lowest BCUT2D eigenvalue weighted by Gasteiger charge is -2.20. The van der Waals surface area contributed by atoms with Crippen LogP contribution in [0.2, 0.25) is 0 Å². The summed E-state index contributed by atoms with van der Waals surface area (Å²) in [6, 6.07) is 10.5. The van der Waals surface area contributed by atoms with Crippen LogP contribution in [-0.4, -0.2) is 13.2 Å². The number of ether oxygens (including phenoxy) is 1. The van der Waals surface area contributed by atoms with Gasteiger partial charge in [0.1, 0.15) is 5.75 Å². The summed E-state index contributed by atoms with van der Waals surface area (Å²) in [5.74, 6) is 0.946. The molecule has 1 N–H and O–H groups in total. The first-order valence-electron chi connectivity index (χ1n) is 6.28. The molecule has 0 aliphatic heterocycles. The maximum absolute atomic E-state index is 5.91. The van der Waals surface area contributed by atoms with E-state index in [1.165, 1.54) is 10.4 Å². The minimum Gasteiger partial charge on any atom is -0.491 e. The highest BCUT2D eigenvalue weighted by Gasteiger charge is 2.18. The van der Waals surface area contributed by atoms with E-state index in [1.54, 1.807) is 11.3 Å². The quantitative estimate of drug-likeness (QED) is 0.858. The Morgan fingerprint density at radius 1 is 1.26 bits per heavy atom. The molecule has 0 saturated heterocycles. The molecule has 0 spiro atoms. The van der Waals surface area contributed by atoms with Gasteiger partial charge in [-0.05, 0) is 49.0 Å². The summed E-state index contributed by atoms with van der Waals surface area (Å²) < 4.78 is 7.03. The summed E-state index contributed by atoms with van der Waals surface area (Å²) in [5, 5.41) is 5.47. The zero-order valence-electron chi connectivity index (χ0n) is 11.3. The summed E-state index contributed by atoms with van der Waals surface area (Å²) in [4.78, 5) is 1.27. The van der Waals surface area contributed by atoms with Gasteiger partial charge in [-0.2, -0.15) is 0 Å². The fourth-order valence-corrected chi connectivity index (χ4v) is 3.58. The Hall–Kier alpha value is -0.840. The van der Waals surface area contributed by atoms with Crippen molar-refractivity contribution >= 4 is 27.3 Å². The van der Waals surface area contributed by atoms with E-state index < -0.39 is 0 Å². The van der Waals surface area contributed by atoms with Crippen LogP contribution < -0.4 is 10.1 Å². The first kappa shape index (κ1) is 14.6. The topological polar surface area (TPSA) is 21.3 Å². The zero-order valence-corrected chi connectivity index (χ0v) is 13.7. The van der Waals surface area contributed by atoms with E-state index in [2.05, 4.69) is 44.8 Å². The number of nitrogens with one attached hydrogen (secondary N) is 1. The normalized spacial score (nSPS) is 12.7. The smallest absolute Gasteiger partial charge is 0.124 e. The van der Waals surface area contributed by atoms with Crippen LogP contribution >= 0.6 is 27.3 Å². The fourth-order valence-electron chi connectivity index (χ4n) is 2.01. The Kier molecular flexibility index (Phi) is 5.02. The Labute approximate surface area is 126 Å². The Morgan fingerprint density at radius 2 is 2.00 bits per heavy atom. The predicted octanol–water partition coefficient (Wildman–Crippen LogP) is 4.61. The van der Waals surface area contributed by atoms with Gasteiger partial charge in [-0.15, -0.1) is 11.3 Å². The van der Waals surface area contributed by atoms with Crippen molar-refractivity contribution in [1.29, 1.82) is 0 Å². The molecule has 0 bridgehead atoms. The van der Waals surface area contributed by atoms with Crippen molar-refractivity contribution < 1.29 is 4.74 Å². The van der Waals surface area contributed by atoms with Crippen molar-refractivity contribution in [3.63, 3.8) is 0 Å². The lowest BCUT2D eigenvalue weighted by Crippen LogP contribution is -2.18. The molecule has 19 heavy (non-hydrogen) atoms. The van der Waals surface area contributed by atoms with Gasteiger partial charge in [-0.1, -0.05) is 18.2 Å². The molecule has 0 aliphatic carbocycles. The van der Waals surface area contributed by atoms with Crippen molar-refractivity contribution in [3.8, 4) is 5.75 Å². The molecule has 1 aromatic carbocycles. The maximum atomic E-state index is 5.91. The van der Waals surface area contributed by atoms with Crippen LogP contribution in [0.1, 0.15) is 30.3 Å². The molecule has 1 unspecified atom stereocenters. The number of hydrogen-bond donors (Lipinski definition) is 1. The molecule has 0 fully saturated rings. The fraction of sp³-hybridized carbons (Fsp3) is 0.333. The Morgan fingerprint density at radius 3 is 2.58 bits per heavy atom. The summed E-state index contributed by atoms with van der Waals surface area (Å²) in [7, 11) is 1.98. The molecule has 4 heteroatoms. The van der Waals surface area contributed by atoms with Gasteiger partial charge in [-0.3, -0.25) is 0 Å². The predicted molar refractivity (Wildman–Crippen MR) is 85.1 cm³/mol. The summed E-state index contributed by atoms with van der Waals surface area (Å²) in [6.07, 6.45) is 0.175. The second kappa shape index (κ2) is 6.55. The summed E-state index contributed by atoms with van der Waals surface area (Å²) >= 11 is 5.25. The van der Waals surface area contributed by atoms with Crippen LogP contribution in [0, 0.1) is 0 Å². The average Bonchev–Trinajstić information content (AvgIpc) is 2.78. The number of halogens is 1. The minimum atomic E-state index is 0.159.